The summed E-state index contributed by atoms with van der Waals surface area (Å²) in [6, 6.07) is 14.9. The molecule has 0 aliphatic heterocycles. The molecule has 2 aromatic carbocycles. The van der Waals surface area contributed by atoms with Gasteiger partial charge in [0.05, 0.1) is 6.61 Å². The predicted molar refractivity (Wildman–Crippen MR) is 103 cm³/mol. The zero-order chi connectivity index (χ0) is 19.5. The Kier molecular flexibility index (Phi) is 8.87. The van der Waals surface area contributed by atoms with Gasteiger partial charge in [-0.1, -0.05) is 24.3 Å². The molecule has 5 nitrogen and oxygen atoms in total. The van der Waals surface area contributed by atoms with E-state index in [9.17, 15) is 9.50 Å². The van der Waals surface area contributed by atoms with Gasteiger partial charge < -0.3 is 19.3 Å². The van der Waals surface area contributed by atoms with Gasteiger partial charge in [-0.2, -0.15) is 0 Å². The van der Waals surface area contributed by atoms with Crippen LogP contribution in [0, 0.1) is 0 Å². The van der Waals surface area contributed by atoms with Gasteiger partial charge in [0.2, 0.25) is 0 Å². The molecule has 0 saturated heterocycles. The molecule has 2 rings (SSSR count). The second-order valence-electron chi connectivity index (χ2n) is 6.22. The normalized spacial score (nSPS) is 12.0. The third kappa shape index (κ3) is 7.45. The maximum absolute atomic E-state index is 12.1. The highest BCUT2D eigenvalue weighted by Gasteiger charge is 2.12. The first-order chi connectivity index (χ1) is 13.1. The first-order valence-corrected chi connectivity index (χ1v) is 9.11. The molecular weight excluding hydrogens is 349 g/mol. The summed E-state index contributed by atoms with van der Waals surface area (Å²) in [6.07, 6.45) is -0.628. The Morgan fingerprint density at radius 3 is 2.30 bits per heavy atom. The third-order valence-electron chi connectivity index (χ3n) is 3.82. The molecule has 1 N–H and O–H groups in total. The third-order valence-corrected chi connectivity index (χ3v) is 3.82. The number of aliphatic hydroxyl groups excluding tert-OH is 1. The van der Waals surface area contributed by atoms with E-state index < -0.39 is 12.8 Å². The van der Waals surface area contributed by atoms with Crippen LogP contribution >= 0.6 is 0 Å². The Morgan fingerprint density at radius 2 is 1.67 bits per heavy atom. The van der Waals surface area contributed by atoms with Crippen LogP contribution in [0.1, 0.15) is 12.5 Å². The van der Waals surface area contributed by atoms with Crippen LogP contribution in [0.5, 0.6) is 17.2 Å². The molecular formula is C21H28FNO4. The van der Waals surface area contributed by atoms with Crippen LogP contribution in [0.4, 0.5) is 4.39 Å². The van der Waals surface area contributed by atoms with Crippen LogP contribution in [-0.2, 0) is 6.54 Å². The lowest BCUT2D eigenvalue weighted by atomic mass is 10.2. The number of alkyl halides is 1. The van der Waals surface area contributed by atoms with Gasteiger partial charge >= 0.3 is 0 Å². The highest BCUT2D eigenvalue weighted by atomic mass is 19.1. The maximum atomic E-state index is 12.1. The maximum Gasteiger partial charge on any atom is 0.161 e. The fraction of sp³-hybridized carbons (Fsp3) is 0.429. The Morgan fingerprint density at radius 1 is 1.00 bits per heavy atom. The Hall–Kier alpha value is -2.31. The van der Waals surface area contributed by atoms with E-state index in [1.165, 1.54) is 0 Å². The summed E-state index contributed by atoms with van der Waals surface area (Å²) in [7, 11) is 1.94. The van der Waals surface area contributed by atoms with Crippen molar-refractivity contribution < 1.29 is 23.7 Å². The number of rotatable bonds is 12. The molecule has 0 fully saturated rings. The summed E-state index contributed by atoms with van der Waals surface area (Å²) >= 11 is 0. The van der Waals surface area contributed by atoms with E-state index in [1.807, 2.05) is 67.4 Å². The number of hydrogen-bond acceptors (Lipinski definition) is 5. The van der Waals surface area contributed by atoms with Gasteiger partial charge in [0.1, 0.15) is 31.7 Å². The fourth-order valence-electron chi connectivity index (χ4n) is 2.67. The molecule has 0 bridgehead atoms. The number of para-hydroxylation sites is 2. The minimum Gasteiger partial charge on any atom is -0.491 e. The van der Waals surface area contributed by atoms with Crippen molar-refractivity contribution >= 4 is 0 Å². The predicted octanol–water partition coefficient (Wildman–Crippen LogP) is 3.31. The highest BCUT2D eigenvalue weighted by molar-refractivity contribution is 5.39. The molecule has 6 heteroatoms. The summed E-state index contributed by atoms with van der Waals surface area (Å²) in [5.41, 5.74) is 1.08. The smallest absolute Gasteiger partial charge is 0.161 e. The van der Waals surface area contributed by atoms with Crippen molar-refractivity contribution in [1.82, 2.24) is 4.90 Å². The van der Waals surface area contributed by atoms with Gasteiger partial charge in [-0.05, 0) is 43.8 Å². The Bertz CT molecular complexity index is 665. The molecule has 0 heterocycles. The zero-order valence-electron chi connectivity index (χ0n) is 15.9. The Balaban J connectivity index is 1.77. The van der Waals surface area contributed by atoms with Crippen LogP contribution in [0.3, 0.4) is 0 Å². The average molecular weight is 377 g/mol. The Labute approximate surface area is 160 Å². The fourth-order valence-corrected chi connectivity index (χ4v) is 2.67. The number of ether oxygens (including phenoxy) is 3. The van der Waals surface area contributed by atoms with Crippen molar-refractivity contribution in [2.24, 2.45) is 0 Å². The van der Waals surface area contributed by atoms with Gasteiger partial charge in [0, 0.05) is 13.1 Å². The SMILES string of the molecule is CCOc1ccccc1OC[C@@H](O)CN(C)Cc1ccc(OCCF)cc1. The van der Waals surface area contributed by atoms with Crippen LogP contribution in [0.15, 0.2) is 48.5 Å². The monoisotopic (exact) mass is 377 g/mol. The molecule has 0 amide bonds. The standard InChI is InChI=1S/C21H28FNO4/c1-3-25-20-6-4-5-7-21(20)27-16-18(24)15-23(2)14-17-8-10-19(11-9-17)26-13-12-22/h4-11,18,24H,3,12-16H2,1-2H3/t18-/m0/s1. The molecule has 27 heavy (non-hydrogen) atoms. The zero-order valence-corrected chi connectivity index (χ0v) is 15.9. The summed E-state index contributed by atoms with van der Waals surface area (Å²) in [6.45, 7) is 3.37. The lowest BCUT2D eigenvalue weighted by molar-refractivity contribution is 0.0730. The minimum atomic E-state index is -0.628. The van der Waals surface area contributed by atoms with Crippen LogP contribution < -0.4 is 14.2 Å². The average Bonchev–Trinajstić information content (AvgIpc) is 2.67. The summed E-state index contributed by atoms with van der Waals surface area (Å²) in [5.74, 6) is 1.96. The van der Waals surface area contributed by atoms with Gasteiger partial charge in [0.25, 0.3) is 0 Å². The van der Waals surface area contributed by atoms with Gasteiger partial charge in [0.15, 0.2) is 11.5 Å². The number of benzene rings is 2. The molecule has 0 aliphatic carbocycles. The van der Waals surface area contributed by atoms with E-state index in [-0.39, 0.29) is 13.2 Å². The molecule has 0 aromatic heterocycles. The molecule has 1 atom stereocenters. The second kappa shape index (κ2) is 11.4. The quantitative estimate of drug-likeness (QED) is 0.615. The molecule has 0 aliphatic rings. The van der Waals surface area contributed by atoms with E-state index in [0.717, 1.165) is 5.56 Å². The van der Waals surface area contributed by atoms with Crippen LogP contribution in [0.25, 0.3) is 0 Å². The molecule has 0 saturated carbocycles. The van der Waals surface area contributed by atoms with Crippen LogP contribution in [0.2, 0.25) is 0 Å². The van der Waals surface area contributed by atoms with Crippen molar-refractivity contribution in [2.75, 3.05) is 40.1 Å². The number of aliphatic hydroxyl groups is 1. The first-order valence-electron chi connectivity index (χ1n) is 9.11. The van der Waals surface area contributed by atoms with Crippen molar-refractivity contribution in [2.45, 2.75) is 19.6 Å². The minimum absolute atomic E-state index is 0.0673. The van der Waals surface area contributed by atoms with E-state index in [2.05, 4.69) is 0 Å². The lowest BCUT2D eigenvalue weighted by Crippen LogP contribution is -2.32. The lowest BCUT2D eigenvalue weighted by Gasteiger charge is -2.21. The van der Waals surface area contributed by atoms with E-state index in [4.69, 9.17) is 14.2 Å². The molecule has 0 unspecified atom stereocenters. The van der Waals surface area contributed by atoms with Crippen molar-refractivity contribution in [1.29, 1.82) is 0 Å². The van der Waals surface area contributed by atoms with Crippen molar-refractivity contribution in [3.63, 3.8) is 0 Å². The van der Waals surface area contributed by atoms with Crippen molar-refractivity contribution in [3.05, 3.63) is 54.1 Å². The molecule has 148 valence electrons. The first kappa shape index (κ1) is 21.0. The van der Waals surface area contributed by atoms with Crippen LogP contribution in [-0.4, -0.2) is 56.2 Å². The highest BCUT2D eigenvalue weighted by Crippen LogP contribution is 2.26. The number of likely N-dealkylation sites (N-methyl/N-ethyl adjacent to an activating group) is 1. The second-order valence-corrected chi connectivity index (χ2v) is 6.22. The van der Waals surface area contributed by atoms with Gasteiger partial charge in [-0.15, -0.1) is 0 Å². The number of nitrogens with zero attached hydrogens (tertiary/aromatic N) is 1. The number of halogens is 1. The summed E-state index contributed by atoms with van der Waals surface area (Å²) in [5, 5.41) is 10.3. The van der Waals surface area contributed by atoms with E-state index in [1.54, 1.807) is 0 Å². The summed E-state index contributed by atoms with van der Waals surface area (Å²) in [4.78, 5) is 2.01. The topological polar surface area (TPSA) is 51.2 Å². The van der Waals surface area contributed by atoms with E-state index in [0.29, 0.717) is 36.9 Å². The van der Waals surface area contributed by atoms with Gasteiger partial charge in [-0.3, -0.25) is 4.90 Å². The summed E-state index contributed by atoms with van der Waals surface area (Å²) < 4.78 is 28.6. The molecule has 0 spiro atoms. The van der Waals surface area contributed by atoms with E-state index >= 15 is 0 Å². The molecule has 0 radical (unpaired) electrons. The number of hydrogen-bond donors (Lipinski definition) is 1. The molecule has 2 aromatic rings. The largest absolute Gasteiger partial charge is 0.491 e. The van der Waals surface area contributed by atoms with Crippen molar-refractivity contribution in [3.8, 4) is 17.2 Å². The van der Waals surface area contributed by atoms with Gasteiger partial charge in [-0.25, -0.2) is 4.39 Å².